The Morgan fingerprint density at radius 3 is 2.57 bits per heavy atom. The minimum atomic E-state index is -0.299. The lowest BCUT2D eigenvalue weighted by Gasteiger charge is -1.99. The van der Waals surface area contributed by atoms with Crippen LogP contribution in [0, 0.1) is 17.7 Å². The van der Waals surface area contributed by atoms with Crippen LogP contribution < -0.4 is 0 Å². The smallest absolute Gasteiger partial charge is 0.167 e. The van der Waals surface area contributed by atoms with Crippen LogP contribution in [0.15, 0.2) is 54.9 Å². The molecule has 0 unspecified atom stereocenters. The predicted octanol–water partition coefficient (Wildman–Crippen LogP) is 3.46. The Bertz CT molecular complexity index is 814. The van der Waals surface area contributed by atoms with Crippen molar-refractivity contribution in [2.24, 2.45) is 0 Å². The quantitative estimate of drug-likeness (QED) is 0.644. The monoisotopic (exact) mass is 297 g/mol. The number of pyridine rings is 1. The highest BCUT2D eigenvalue weighted by atomic mass is 35.5. The van der Waals surface area contributed by atoms with E-state index in [1.807, 2.05) is 18.2 Å². The maximum Gasteiger partial charge on any atom is 0.167 e. The minimum absolute atomic E-state index is 0.294. The van der Waals surface area contributed by atoms with Gasteiger partial charge in [-0.3, -0.25) is 0 Å². The number of halogens is 2. The second-order valence-corrected chi connectivity index (χ2v) is 4.58. The van der Waals surface area contributed by atoms with Crippen molar-refractivity contribution < 1.29 is 4.39 Å². The van der Waals surface area contributed by atoms with Crippen LogP contribution in [0.3, 0.4) is 0 Å². The molecule has 0 saturated carbocycles. The zero-order valence-electron chi connectivity index (χ0n) is 10.8. The van der Waals surface area contributed by atoms with Crippen LogP contribution in [0.2, 0.25) is 5.15 Å². The molecule has 0 aliphatic heterocycles. The second-order valence-electron chi connectivity index (χ2n) is 4.22. The summed E-state index contributed by atoms with van der Waals surface area (Å²) in [4.78, 5) is 4.11. The number of hydrogen-bond donors (Lipinski definition) is 0. The molecule has 0 atom stereocenters. The van der Waals surface area contributed by atoms with E-state index in [1.165, 1.54) is 12.1 Å². The normalized spacial score (nSPS) is 10.0. The molecule has 0 fully saturated rings. The van der Waals surface area contributed by atoms with Crippen LogP contribution in [-0.4, -0.2) is 14.8 Å². The Morgan fingerprint density at radius 1 is 1.05 bits per heavy atom. The SMILES string of the molecule is Fc1ccc(-n2cc(C#Cc3ccccn3)c(Cl)n2)cc1. The van der Waals surface area contributed by atoms with Gasteiger partial charge in [0.05, 0.1) is 11.3 Å². The van der Waals surface area contributed by atoms with Crippen LogP contribution >= 0.6 is 11.6 Å². The van der Waals surface area contributed by atoms with E-state index in [4.69, 9.17) is 11.6 Å². The average Bonchev–Trinajstić information content (AvgIpc) is 2.88. The Balaban J connectivity index is 1.92. The molecule has 3 rings (SSSR count). The molecule has 0 spiro atoms. The molecule has 0 radical (unpaired) electrons. The molecule has 5 heteroatoms. The first kappa shape index (κ1) is 13.3. The molecule has 3 nitrogen and oxygen atoms in total. The first-order chi connectivity index (χ1) is 10.2. The molecule has 3 aromatic rings. The van der Waals surface area contributed by atoms with Crippen molar-refractivity contribution in [3.8, 4) is 17.5 Å². The van der Waals surface area contributed by atoms with Gasteiger partial charge in [-0.15, -0.1) is 0 Å². The van der Waals surface area contributed by atoms with E-state index in [2.05, 4.69) is 21.9 Å². The van der Waals surface area contributed by atoms with Gasteiger partial charge in [-0.2, -0.15) is 5.10 Å². The fourth-order valence-corrected chi connectivity index (χ4v) is 1.91. The van der Waals surface area contributed by atoms with Crippen molar-refractivity contribution in [3.63, 3.8) is 0 Å². The zero-order valence-corrected chi connectivity index (χ0v) is 11.5. The summed E-state index contributed by atoms with van der Waals surface area (Å²) in [6, 6.07) is 11.5. The van der Waals surface area contributed by atoms with Gasteiger partial charge in [-0.25, -0.2) is 14.1 Å². The van der Waals surface area contributed by atoms with Crippen LogP contribution in [0.4, 0.5) is 4.39 Å². The fourth-order valence-electron chi connectivity index (χ4n) is 1.73. The third-order valence-electron chi connectivity index (χ3n) is 2.75. The maximum atomic E-state index is 12.9. The zero-order chi connectivity index (χ0) is 14.7. The van der Waals surface area contributed by atoms with Crippen molar-refractivity contribution in [2.75, 3.05) is 0 Å². The second kappa shape index (κ2) is 5.78. The molecule has 0 saturated heterocycles. The van der Waals surface area contributed by atoms with Gasteiger partial charge in [0.2, 0.25) is 0 Å². The predicted molar refractivity (Wildman–Crippen MR) is 78.7 cm³/mol. The number of hydrogen-bond acceptors (Lipinski definition) is 2. The van der Waals surface area contributed by atoms with Crippen molar-refractivity contribution in [1.82, 2.24) is 14.8 Å². The molecule has 2 aromatic heterocycles. The lowest BCUT2D eigenvalue weighted by molar-refractivity contribution is 0.627. The first-order valence-corrected chi connectivity index (χ1v) is 6.54. The Hall–Kier alpha value is -2.64. The van der Waals surface area contributed by atoms with Crippen molar-refractivity contribution >= 4 is 11.6 Å². The van der Waals surface area contributed by atoms with Gasteiger partial charge < -0.3 is 0 Å². The third-order valence-corrected chi connectivity index (χ3v) is 3.03. The summed E-state index contributed by atoms with van der Waals surface area (Å²) >= 11 is 6.06. The maximum absolute atomic E-state index is 12.9. The summed E-state index contributed by atoms with van der Waals surface area (Å²) in [5, 5.41) is 4.45. The number of aromatic nitrogens is 3. The molecule has 102 valence electrons. The van der Waals surface area contributed by atoms with Crippen LogP contribution in [0.1, 0.15) is 11.3 Å². The fraction of sp³-hybridized carbons (Fsp3) is 0. The minimum Gasteiger partial charge on any atom is -0.248 e. The van der Waals surface area contributed by atoms with Gasteiger partial charge in [0.15, 0.2) is 5.15 Å². The van der Waals surface area contributed by atoms with Crippen molar-refractivity contribution in [2.45, 2.75) is 0 Å². The number of benzene rings is 1. The van der Waals surface area contributed by atoms with E-state index in [0.29, 0.717) is 22.1 Å². The summed E-state index contributed by atoms with van der Waals surface area (Å²) < 4.78 is 14.5. The van der Waals surface area contributed by atoms with E-state index in [0.717, 1.165) is 0 Å². The summed E-state index contributed by atoms with van der Waals surface area (Å²) in [7, 11) is 0. The summed E-state index contributed by atoms with van der Waals surface area (Å²) in [5.74, 6) is 5.55. The summed E-state index contributed by atoms with van der Waals surface area (Å²) in [6.07, 6.45) is 3.37. The summed E-state index contributed by atoms with van der Waals surface area (Å²) in [5.41, 5.74) is 1.96. The Kier molecular flexibility index (Phi) is 3.67. The topological polar surface area (TPSA) is 30.7 Å². The van der Waals surface area contributed by atoms with Gasteiger partial charge in [0.25, 0.3) is 0 Å². The molecule has 0 amide bonds. The number of nitrogens with zero attached hydrogens (tertiary/aromatic N) is 3. The highest BCUT2D eigenvalue weighted by Crippen LogP contribution is 2.16. The Labute approximate surface area is 126 Å². The van der Waals surface area contributed by atoms with E-state index >= 15 is 0 Å². The molecule has 0 N–H and O–H groups in total. The molecule has 0 bridgehead atoms. The van der Waals surface area contributed by atoms with E-state index < -0.39 is 0 Å². The van der Waals surface area contributed by atoms with Gasteiger partial charge in [-0.05, 0) is 42.3 Å². The van der Waals surface area contributed by atoms with E-state index in [9.17, 15) is 4.39 Å². The van der Waals surface area contributed by atoms with Crippen molar-refractivity contribution in [1.29, 1.82) is 0 Å². The van der Waals surface area contributed by atoms with Crippen LogP contribution in [0.25, 0.3) is 5.69 Å². The molecule has 0 aliphatic carbocycles. The van der Waals surface area contributed by atoms with E-state index in [1.54, 1.807) is 29.2 Å². The van der Waals surface area contributed by atoms with Crippen LogP contribution in [0.5, 0.6) is 0 Å². The summed E-state index contributed by atoms with van der Waals surface area (Å²) in [6.45, 7) is 0. The van der Waals surface area contributed by atoms with Gasteiger partial charge in [0.1, 0.15) is 11.5 Å². The van der Waals surface area contributed by atoms with Crippen molar-refractivity contribution in [3.05, 3.63) is 77.1 Å². The first-order valence-electron chi connectivity index (χ1n) is 6.16. The lowest BCUT2D eigenvalue weighted by Crippen LogP contribution is -1.93. The Morgan fingerprint density at radius 2 is 1.86 bits per heavy atom. The van der Waals surface area contributed by atoms with E-state index in [-0.39, 0.29) is 5.82 Å². The van der Waals surface area contributed by atoms with Gasteiger partial charge in [-0.1, -0.05) is 23.6 Å². The van der Waals surface area contributed by atoms with Crippen LogP contribution in [-0.2, 0) is 0 Å². The van der Waals surface area contributed by atoms with Gasteiger partial charge >= 0.3 is 0 Å². The average molecular weight is 298 g/mol. The third kappa shape index (κ3) is 3.10. The van der Waals surface area contributed by atoms with Gasteiger partial charge in [0, 0.05) is 12.4 Å². The largest absolute Gasteiger partial charge is 0.248 e. The molecule has 0 aliphatic rings. The molecule has 2 heterocycles. The molecular formula is C16H9ClFN3. The standard InChI is InChI=1S/C16H9ClFN3/c17-16-12(4-7-14-3-1-2-10-19-14)11-21(20-16)15-8-5-13(18)6-9-15/h1-3,5-6,8-11H. The number of rotatable bonds is 1. The highest BCUT2D eigenvalue weighted by Gasteiger charge is 2.06. The molecular weight excluding hydrogens is 289 g/mol. The lowest BCUT2D eigenvalue weighted by atomic mass is 10.3. The molecule has 21 heavy (non-hydrogen) atoms. The highest BCUT2D eigenvalue weighted by molar-refractivity contribution is 6.30. The molecule has 1 aromatic carbocycles.